The van der Waals surface area contributed by atoms with E-state index in [1.165, 1.54) is 5.56 Å². The highest BCUT2D eigenvalue weighted by atomic mass is 35.5. The highest BCUT2D eigenvalue weighted by molar-refractivity contribution is 6.31. The summed E-state index contributed by atoms with van der Waals surface area (Å²) in [5, 5.41) is 0.891. The minimum atomic E-state index is 0.575. The molecule has 0 nitrogen and oxygen atoms in total. The summed E-state index contributed by atoms with van der Waals surface area (Å²) in [6, 6.07) is 8.10. The summed E-state index contributed by atoms with van der Waals surface area (Å²) >= 11 is 6.11. The lowest BCUT2D eigenvalue weighted by Gasteiger charge is -2.15. The van der Waals surface area contributed by atoms with Crippen LogP contribution in [0.25, 0.3) is 0 Å². The fourth-order valence-corrected chi connectivity index (χ4v) is 1.92. The Kier molecular flexibility index (Phi) is 4.31. The van der Waals surface area contributed by atoms with E-state index in [1.807, 2.05) is 18.2 Å². The average Bonchev–Trinajstić information content (AvgIpc) is 2.16. The summed E-state index contributed by atoms with van der Waals surface area (Å²) in [6.07, 6.45) is 3.24. The molecule has 1 unspecified atom stereocenters. The number of hydrogen-bond acceptors (Lipinski definition) is 0. The first-order chi connectivity index (χ1) is 6.29. The molecule has 0 aliphatic carbocycles. The van der Waals surface area contributed by atoms with Gasteiger partial charge in [-0.05, 0) is 30.4 Å². The van der Waals surface area contributed by atoms with Crippen LogP contribution in [-0.2, 0) is 0 Å². The first-order valence-electron chi connectivity index (χ1n) is 4.83. The van der Waals surface area contributed by atoms with Gasteiger partial charge < -0.3 is 0 Å². The molecule has 1 aromatic rings. The Balaban J connectivity index is 2.84. The Morgan fingerprint density at radius 1 is 1.38 bits per heavy atom. The highest BCUT2D eigenvalue weighted by Gasteiger charge is 2.10. The summed E-state index contributed by atoms with van der Waals surface area (Å²) in [7, 11) is 0. The monoisotopic (exact) mass is 195 g/mol. The Morgan fingerprint density at radius 2 is 2.08 bits per heavy atom. The van der Waals surface area contributed by atoms with E-state index in [4.69, 9.17) is 11.6 Å². The Hall–Kier alpha value is -0.490. The Morgan fingerprint density at radius 3 is 2.62 bits per heavy atom. The van der Waals surface area contributed by atoms with Crippen molar-refractivity contribution in [1.29, 1.82) is 0 Å². The zero-order valence-electron chi connectivity index (χ0n) is 8.09. The molecule has 0 fully saturated rings. The molecule has 0 saturated heterocycles. The maximum absolute atomic E-state index is 6.11. The van der Waals surface area contributed by atoms with E-state index in [0.29, 0.717) is 5.92 Å². The summed E-state index contributed by atoms with van der Waals surface area (Å²) in [5.41, 5.74) is 1.27. The van der Waals surface area contributed by atoms with Gasteiger partial charge in [0.05, 0.1) is 0 Å². The molecule has 1 atom stereocenters. The third-order valence-corrected chi connectivity index (χ3v) is 2.73. The molecular formula is C12H16Cl. The van der Waals surface area contributed by atoms with Gasteiger partial charge in [-0.1, -0.05) is 50.1 Å². The molecule has 13 heavy (non-hydrogen) atoms. The van der Waals surface area contributed by atoms with Crippen molar-refractivity contribution in [2.45, 2.75) is 32.1 Å². The molecule has 71 valence electrons. The summed E-state index contributed by atoms with van der Waals surface area (Å²) < 4.78 is 0. The van der Waals surface area contributed by atoms with Gasteiger partial charge in [0.2, 0.25) is 0 Å². The minimum Gasteiger partial charge on any atom is -0.0840 e. The van der Waals surface area contributed by atoms with Crippen LogP contribution in [0.3, 0.4) is 0 Å². The second-order valence-corrected chi connectivity index (χ2v) is 3.68. The van der Waals surface area contributed by atoms with Gasteiger partial charge in [0.25, 0.3) is 0 Å². The van der Waals surface area contributed by atoms with E-state index < -0.39 is 0 Å². The standard InChI is InChI=1S/C12H16Cl/c1-3-7-10(4-2)11-8-5-6-9-12(11)13/h5-6,8-10H,1,3-4,7H2,2H3. The Bertz CT molecular complexity index is 255. The quantitative estimate of drug-likeness (QED) is 0.666. The first kappa shape index (κ1) is 10.6. The van der Waals surface area contributed by atoms with Crippen molar-refractivity contribution >= 4 is 11.6 Å². The number of hydrogen-bond donors (Lipinski definition) is 0. The predicted molar refractivity (Wildman–Crippen MR) is 59.1 cm³/mol. The molecule has 1 aromatic carbocycles. The summed E-state index contributed by atoms with van der Waals surface area (Å²) in [4.78, 5) is 0. The minimum absolute atomic E-state index is 0.575. The first-order valence-corrected chi connectivity index (χ1v) is 5.21. The van der Waals surface area contributed by atoms with Crippen molar-refractivity contribution in [1.82, 2.24) is 0 Å². The van der Waals surface area contributed by atoms with Gasteiger partial charge in [-0.25, -0.2) is 0 Å². The summed E-state index contributed by atoms with van der Waals surface area (Å²) in [6.45, 7) is 6.08. The second kappa shape index (κ2) is 5.29. The van der Waals surface area contributed by atoms with E-state index in [0.717, 1.165) is 24.3 Å². The van der Waals surface area contributed by atoms with Crippen LogP contribution < -0.4 is 0 Å². The van der Waals surface area contributed by atoms with Gasteiger partial charge in [-0.3, -0.25) is 0 Å². The van der Waals surface area contributed by atoms with Crippen LogP contribution in [0, 0.1) is 6.92 Å². The second-order valence-electron chi connectivity index (χ2n) is 3.27. The van der Waals surface area contributed by atoms with Crippen LogP contribution in [0.2, 0.25) is 5.02 Å². The molecule has 0 saturated carbocycles. The SMILES string of the molecule is [CH2]CCC(CC)c1ccccc1Cl. The lowest BCUT2D eigenvalue weighted by Crippen LogP contribution is -1.97. The maximum atomic E-state index is 6.11. The third kappa shape index (κ3) is 2.73. The molecule has 0 aliphatic heterocycles. The molecule has 1 radical (unpaired) electrons. The highest BCUT2D eigenvalue weighted by Crippen LogP contribution is 2.29. The molecular weight excluding hydrogens is 180 g/mol. The van der Waals surface area contributed by atoms with E-state index in [-0.39, 0.29) is 0 Å². The van der Waals surface area contributed by atoms with Gasteiger partial charge in [-0.2, -0.15) is 0 Å². The van der Waals surface area contributed by atoms with E-state index >= 15 is 0 Å². The molecule has 0 spiro atoms. The maximum Gasteiger partial charge on any atom is 0.0440 e. The molecule has 0 aliphatic rings. The molecule has 0 amide bonds. The van der Waals surface area contributed by atoms with Crippen LogP contribution in [0.5, 0.6) is 0 Å². The van der Waals surface area contributed by atoms with Crippen LogP contribution in [0.15, 0.2) is 24.3 Å². The topological polar surface area (TPSA) is 0 Å². The fourth-order valence-electron chi connectivity index (χ4n) is 1.63. The average molecular weight is 196 g/mol. The van der Waals surface area contributed by atoms with Crippen molar-refractivity contribution in [2.75, 3.05) is 0 Å². The molecule has 1 heteroatoms. The Labute approximate surface area is 85.9 Å². The van der Waals surface area contributed by atoms with Crippen molar-refractivity contribution in [3.8, 4) is 0 Å². The van der Waals surface area contributed by atoms with Gasteiger partial charge in [-0.15, -0.1) is 0 Å². The lowest BCUT2D eigenvalue weighted by molar-refractivity contribution is 0.612. The van der Waals surface area contributed by atoms with Crippen molar-refractivity contribution in [3.05, 3.63) is 41.8 Å². The molecule has 1 rings (SSSR count). The lowest BCUT2D eigenvalue weighted by atomic mass is 9.92. The van der Waals surface area contributed by atoms with E-state index in [2.05, 4.69) is 19.9 Å². The normalized spacial score (nSPS) is 12.8. The summed E-state index contributed by atoms with van der Waals surface area (Å²) in [5.74, 6) is 0.575. The molecule has 0 N–H and O–H groups in total. The number of halogens is 1. The van der Waals surface area contributed by atoms with Gasteiger partial charge >= 0.3 is 0 Å². The third-order valence-electron chi connectivity index (χ3n) is 2.39. The van der Waals surface area contributed by atoms with Crippen molar-refractivity contribution in [3.63, 3.8) is 0 Å². The zero-order chi connectivity index (χ0) is 9.68. The van der Waals surface area contributed by atoms with E-state index in [9.17, 15) is 0 Å². The zero-order valence-corrected chi connectivity index (χ0v) is 8.85. The van der Waals surface area contributed by atoms with Crippen LogP contribution in [-0.4, -0.2) is 0 Å². The number of benzene rings is 1. The van der Waals surface area contributed by atoms with Crippen LogP contribution >= 0.6 is 11.6 Å². The van der Waals surface area contributed by atoms with Crippen molar-refractivity contribution < 1.29 is 0 Å². The number of rotatable bonds is 4. The largest absolute Gasteiger partial charge is 0.0840 e. The van der Waals surface area contributed by atoms with Gasteiger partial charge in [0.1, 0.15) is 0 Å². The predicted octanol–water partition coefficient (Wildman–Crippen LogP) is 4.45. The van der Waals surface area contributed by atoms with Crippen molar-refractivity contribution in [2.24, 2.45) is 0 Å². The van der Waals surface area contributed by atoms with Gasteiger partial charge in [0, 0.05) is 5.02 Å². The molecule has 0 bridgehead atoms. The smallest absolute Gasteiger partial charge is 0.0440 e. The van der Waals surface area contributed by atoms with Gasteiger partial charge in [0.15, 0.2) is 0 Å². The molecule has 0 heterocycles. The molecule has 0 aromatic heterocycles. The van der Waals surface area contributed by atoms with Crippen LogP contribution in [0.1, 0.15) is 37.7 Å². The van der Waals surface area contributed by atoms with E-state index in [1.54, 1.807) is 0 Å². The fraction of sp³-hybridized carbons (Fsp3) is 0.417. The van der Waals surface area contributed by atoms with Crippen LogP contribution in [0.4, 0.5) is 0 Å².